The molecule has 102 valence electrons. The van der Waals surface area contributed by atoms with Crippen molar-refractivity contribution < 1.29 is 9.84 Å². The smallest absolute Gasteiger partial charge is 0.174 e. The second-order valence-corrected chi connectivity index (χ2v) is 4.36. The van der Waals surface area contributed by atoms with Gasteiger partial charge in [0.25, 0.3) is 0 Å². The van der Waals surface area contributed by atoms with Crippen molar-refractivity contribution in [3.63, 3.8) is 0 Å². The summed E-state index contributed by atoms with van der Waals surface area (Å²) in [5.41, 5.74) is 2.21. The molecule has 0 fully saturated rings. The number of nitrogens with one attached hydrogen (secondary N) is 1. The van der Waals surface area contributed by atoms with Gasteiger partial charge in [0.2, 0.25) is 0 Å². The maximum atomic E-state index is 9.20. The first kappa shape index (κ1) is 13.9. The number of phenols is 1. The molecule has 0 heterocycles. The maximum Gasteiger partial charge on any atom is 0.174 e. The molecule has 0 amide bonds. The zero-order chi connectivity index (χ0) is 14.2. The third kappa shape index (κ3) is 4.30. The van der Waals surface area contributed by atoms with E-state index in [2.05, 4.69) is 5.32 Å². The minimum atomic E-state index is 0.0599. The van der Waals surface area contributed by atoms with Gasteiger partial charge in [0.05, 0.1) is 0 Å². The van der Waals surface area contributed by atoms with Crippen LogP contribution in [-0.2, 0) is 13.1 Å². The van der Waals surface area contributed by atoms with Crippen molar-refractivity contribution in [2.75, 3.05) is 6.61 Å². The predicted octanol–water partition coefficient (Wildman–Crippen LogP) is 2.58. The summed E-state index contributed by atoms with van der Waals surface area (Å²) in [5.74, 6) is 0.978. The Kier molecular flexibility index (Phi) is 4.99. The summed E-state index contributed by atoms with van der Waals surface area (Å²) in [6.07, 6.45) is 0. The fourth-order valence-corrected chi connectivity index (χ4v) is 1.83. The van der Waals surface area contributed by atoms with E-state index >= 15 is 0 Å². The van der Waals surface area contributed by atoms with Crippen LogP contribution in [0.3, 0.4) is 0 Å². The standard InChI is InChI=1S/C16H16N2O2/c17-8-9-20-16-3-1-2-14(10-16)12-18-11-13-4-6-15(19)7-5-13/h1-7,10,18-19H,9,11-12H2. The molecule has 2 rings (SSSR count). The van der Waals surface area contributed by atoms with Crippen LogP contribution in [0.25, 0.3) is 0 Å². The second kappa shape index (κ2) is 7.17. The highest BCUT2D eigenvalue weighted by molar-refractivity contribution is 5.29. The van der Waals surface area contributed by atoms with Crippen molar-refractivity contribution in [2.45, 2.75) is 13.1 Å². The number of hydrogen-bond acceptors (Lipinski definition) is 4. The average Bonchev–Trinajstić information content (AvgIpc) is 2.48. The first-order valence-corrected chi connectivity index (χ1v) is 6.35. The Bertz CT molecular complexity index is 588. The van der Waals surface area contributed by atoms with Gasteiger partial charge in [0.15, 0.2) is 6.61 Å². The molecular weight excluding hydrogens is 252 g/mol. The molecule has 0 saturated heterocycles. The van der Waals surface area contributed by atoms with Crippen LogP contribution >= 0.6 is 0 Å². The largest absolute Gasteiger partial charge is 0.508 e. The van der Waals surface area contributed by atoms with Crippen LogP contribution in [-0.4, -0.2) is 11.7 Å². The van der Waals surface area contributed by atoms with E-state index in [0.29, 0.717) is 12.3 Å². The van der Waals surface area contributed by atoms with Gasteiger partial charge in [-0.1, -0.05) is 24.3 Å². The molecule has 2 N–H and O–H groups in total. The van der Waals surface area contributed by atoms with Gasteiger partial charge in [0, 0.05) is 13.1 Å². The number of ether oxygens (including phenoxy) is 1. The molecule has 0 aliphatic rings. The van der Waals surface area contributed by atoms with E-state index in [1.54, 1.807) is 12.1 Å². The molecule has 0 spiro atoms. The molecule has 20 heavy (non-hydrogen) atoms. The lowest BCUT2D eigenvalue weighted by Crippen LogP contribution is -2.12. The summed E-state index contributed by atoms with van der Waals surface area (Å²) in [6.45, 7) is 1.50. The fourth-order valence-electron chi connectivity index (χ4n) is 1.83. The van der Waals surface area contributed by atoms with Gasteiger partial charge in [-0.15, -0.1) is 0 Å². The zero-order valence-electron chi connectivity index (χ0n) is 11.0. The van der Waals surface area contributed by atoms with Gasteiger partial charge in [0.1, 0.15) is 17.6 Å². The van der Waals surface area contributed by atoms with Gasteiger partial charge in [-0.2, -0.15) is 5.26 Å². The number of aromatic hydroxyl groups is 1. The zero-order valence-corrected chi connectivity index (χ0v) is 11.0. The Morgan fingerprint density at radius 1 is 1.05 bits per heavy atom. The van der Waals surface area contributed by atoms with Crippen LogP contribution in [0.1, 0.15) is 11.1 Å². The van der Waals surface area contributed by atoms with Gasteiger partial charge >= 0.3 is 0 Å². The topological polar surface area (TPSA) is 65.3 Å². The third-order valence-corrected chi connectivity index (χ3v) is 2.80. The Morgan fingerprint density at radius 2 is 1.80 bits per heavy atom. The van der Waals surface area contributed by atoms with Gasteiger partial charge < -0.3 is 15.2 Å². The number of rotatable bonds is 6. The number of hydrogen-bond donors (Lipinski definition) is 2. The van der Waals surface area contributed by atoms with Crippen molar-refractivity contribution in [1.82, 2.24) is 5.32 Å². The highest BCUT2D eigenvalue weighted by atomic mass is 16.5. The predicted molar refractivity (Wildman–Crippen MR) is 76.2 cm³/mol. The van der Waals surface area contributed by atoms with E-state index in [1.807, 2.05) is 42.5 Å². The van der Waals surface area contributed by atoms with E-state index in [-0.39, 0.29) is 12.4 Å². The van der Waals surface area contributed by atoms with E-state index in [1.165, 1.54) is 0 Å². The summed E-state index contributed by atoms with van der Waals surface area (Å²) >= 11 is 0. The normalized spacial score (nSPS) is 9.95. The quantitative estimate of drug-likeness (QED) is 0.845. The molecule has 0 atom stereocenters. The third-order valence-electron chi connectivity index (χ3n) is 2.80. The lowest BCUT2D eigenvalue weighted by molar-refractivity contribution is 0.367. The van der Waals surface area contributed by atoms with Crippen molar-refractivity contribution in [2.24, 2.45) is 0 Å². The van der Waals surface area contributed by atoms with Crippen molar-refractivity contribution in [3.8, 4) is 17.6 Å². The molecule has 2 aromatic rings. The number of nitriles is 1. The molecular formula is C16H16N2O2. The first-order valence-electron chi connectivity index (χ1n) is 6.35. The summed E-state index contributed by atoms with van der Waals surface area (Å²) in [5, 5.41) is 21.0. The van der Waals surface area contributed by atoms with Gasteiger partial charge in [-0.3, -0.25) is 0 Å². The van der Waals surface area contributed by atoms with E-state index < -0.39 is 0 Å². The van der Waals surface area contributed by atoms with E-state index in [9.17, 15) is 5.11 Å². The van der Waals surface area contributed by atoms with Crippen LogP contribution in [0.5, 0.6) is 11.5 Å². The summed E-state index contributed by atoms with van der Waals surface area (Å²) < 4.78 is 5.26. The molecule has 0 saturated carbocycles. The Labute approximate surface area is 118 Å². The van der Waals surface area contributed by atoms with Crippen LogP contribution in [0, 0.1) is 11.3 Å². The maximum absolute atomic E-state index is 9.20. The highest BCUT2D eigenvalue weighted by Gasteiger charge is 1.98. The highest BCUT2D eigenvalue weighted by Crippen LogP contribution is 2.13. The fraction of sp³-hybridized carbons (Fsp3) is 0.188. The summed E-state index contributed by atoms with van der Waals surface area (Å²) in [4.78, 5) is 0. The second-order valence-electron chi connectivity index (χ2n) is 4.36. The van der Waals surface area contributed by atoms with Crippen molar-refractivity contribution in [3.05, 3.63) is 59.7 Å². The Hall–Kier alpha value is -2.51. The number of benzene rings is 2. The molecule has 0 aliphatic carbocycles. The monoisotopic (exact) mass is 268 g/mol. The van der Waals surface area contributed by atoms with Crippen LogP contribution in [0.4, 0.5) is 0 Å². The van der Waals surface area contributed by atoms with Crippen LogP contribution < -0.4 is 10.1 Å². The number of nitrogens with zero attached hydrogens (tertiary/aromatic N) is 1. The van der Waals surface area contributed by atoms with Crippen LogP contribution in [0.2, 0.25) is 0 Å². The molecule has 4 heteroatoms. The molecule has 2 aromatic carbocycles. The minimum absolute atomic E-state index is 0.0599. The molecule has 0 aliphatic heterocycles. The average molecular weight is 268 g/mol. The SMILES string of the molecule is N#CCOc1cccc(CNCc2ccc(O)cc2)c1. The Morgan fingerprint density at radius 3 is 2.55 bits per heavy atom. The van der Waals surface area contributed by atoms with E-state index in [0.717, 1.165) is 17.7 Å². The molecule has 0 unspecified atom stereocenters. The van der Waals surface area contributed by atoms with Gasteiger partial charge in [-0.05, 0) is 35.4 Å². The summed E-state index contributed by atoms with van der Waals surface area (Å²) in [6, 6.07) is 16.7. The minimum Gasteiger partial charge on any atom is -0.508 e. The molecule has 0 radical (unpaired) electrons. The first-order chi connectivity index (χ1) is 9.78. The lowest BCUT2D eigenvalue weighted by Gasteiger charge is -2.07. The molecule has 0 aromatic heterocycles. The van der Waals surface area contributed by atoms with Crippen molar-refractivity contribution >= 4 is 0 Å². The Balaban J connectivity index is 1.84. The number of phenolic OH excluding ortho intramolecular Hbond substituents is 1. The van der Waals surface area contributed by atoms with Gasteiger partial charge in [-0.25, -0.2) is 0 Å². The van der Waals surface area contributed by atoms with E-state index in [4.69, 9.17) is 10.00 Å². The lowest BCUT2D eigenvalue weighted by atomic mass is 10.2. The summed E-state index contributed by atoms with van der Waals surface area (Å²) in [7, 11) is 0. The molecule has 4 nitrogen and oxygen atoms in total. The molecule has 0 bridgehead atoms. The van der Waals surface area contributed by atoms with Crippen molar-refractivity contribution in [1.29, 1.82) is 5.26 Å². The van der Waals surface area contributed by atoms with Crippen LogP contribution in [0.15, 0.2) is 48.5 Å².